The van der Waals surface area contributed by atoms with Crippen LogP contribution in [0.15, 0.2) is 71.9 Å². The van der Waals surface area contributed by atoms with Gasteiger partial charge in [-0.05, 0) is 44.5 Å². The van der Waals surface area contributed by atoms with Crippen molar-refractivity contribution in [1.29, 1.82) is 0 Å². The van der Waals surface area contributed by atoms with Crippen LogP contribution in [0, 0.1) is 6.92 Å². The van der Waals surface area contributed by atoms with Gasteiger partial charge in [-0.3, -0.25) is 9.78 Å². The maximum atomic E-state index is 13.6. The Labute approximate surface area is 194 Å². The van der Waals surface area contributed by atoms with Gasteiger partial charge in [0.25, 0.3) is 5.91 Å². The van der Waals surface area contributed by atoms with Crippen molar-refractivity contribution in [2.45, 2.75) is 39.7 Å². The molecule has 0 radical (unpaired) electrons. The lowest BCUT2D eigenvalue weighted by molar-refractivity contribution is -0.139. The van der Waals surface area contributed by atoms with Crippen LogP contribution in [0.3, 0.4) is 0 Å². The van der Waals surface area contributed by atoms with Gasteiger partial charge in [-0.25, -0.2) is 4.79 Å². The molecule has 0 saturated heterocycles. The highest BCUT2D eigenvalue weighted by Gasteiger charge is 2.44. The first-order valence-electron chi connectivity index (χ1n) is 11.4. The van der Waals surface area contributed by atoms with Gasteiger partial charge >= 0.3 is 5.97 Å². The van der Waals surface area contributed by atoms with Gasteiger partial charge in [0.1, 0.15) is 11.7 Å². The Morgan fingerprint density at radius 3 is 2.55 bits per heavy atom. The fourth-order valence-electron chi connectivity index (χ4n) is 4.09. The van der Waals surface area contributed by atoms with Gasteiger partial charge in [0.05, 0.1) is 23.4 Å². The van der Waals surface area contributed by atoms with Crippen molar-refractivity contribution in [3.8, 4) is 0 Å². The highest BCUT2D eigenvalue weighted by molar-refractivity contribution is 6.09. The van der Waals surface area contributed by atoms with Crippen LogP contribution in [0.1, 0.15) is 44.0 Å². The number of amides is 1. The third kappa shape index (κ3) is 4.60. The minimum Gasteiger partial charge on any atom is -0.463 e. The molecule has 2 heterocycles. The number of ether oxygens (including phenoxy) is 1. The van der Waals surface area contributed by atoms with Crippen LogP contribution in [0.25, 0.3) is 10.9 Å². The molecule has 1 N–H and O–H groups in total. The van der Waals surface area contributed by atoms with E-state index in [4.69, 9.17) is 9.72 Å². The minimum absolute atomic E-state index is 0.216. The van der Waals surface area contributed by atoms with Crippen LogP contribution in [0.4, 0.5) is 5.69 Å². The van der Waals surface area contributed by atoms with E-state index in [2.05, 4.69) is 12.2 Å². The molecule has 1 aliphatic rings. The highest BCUT2D eigenvalue weighted by Crippen LogP contribution is 2.39. The number of fused-ring (bicyclic) bond motifs is 1. The molecule has 6 nitrogen and oxygen atoms in total. The van der Waals surface area contributed by atoms with Gasteiger partial charge in [0.2, 0.25) is 0 Å². The molecule has 33 heavy (non-hydrogen) atoms. The number of carbonyl (C=O) groups excluding carboxylic acids is 2. The highest BCUT2D eigenvalue weighted by atomic mass is 16.5. The second-order valence-corrected chi connectivity index (χ2v) is 8.18. The summed E-state index contributed by atoms with van der Waals surface area (Å²) >= 11 is 0. The number of aromatic nitrogens is 1. The van der Waals surface area contributed by atoms with Gasteiger partial charge in [-0.15, -0.1) is 0 Å². The number of esters is 1. The molecule has 4 rings (SSSR count). The number of para-hydroxylation sites is 1. The monoisotopic (exact) mass is 443 g/mol. The maximum absolute atomic E-state index is 13.6. The molecule has 3 aromatic rings. The Morgan fingerprint density at radius 2 is 1.82 bits per heavy atom. The summed E-state index contributed by atoms with van der Waals surface area (Å²) in [7, 11) is 0. The smallest absolute Gasteiger partial charge is 0.338 e. The van der Waals surface area contributed by atoms with Crippen LogP contribution in [0.5, 0.6) is 0 Å². The van der Waals surface area contributed by atoms with E-state index >= 15 is 0 Å². The van der Waals surface area contributed by atoms with Gasteiger partial charge in [-0.2, -0.15) is 0 Å². The molecular formula is C27H29N3O3. The standard InChI is InChI=1S/C27H29N3O3/c1-4-6-17-30-25(22-16-13-19-9-7-8-10-21(19)29-22)23(27(32)33-5-2)24(26(30)31)28-20-14-11-18(3)12-15-20/h7-16,25,28H,4-6,17H2,1-3H3. The summed E-state index contributed by atoms with van der Waals surface area (Å²) in [6.07, 6.45) is 1.75. The van der Waals surface area contributed by atoms with E-state index in [1.165, 1.54) is 0 Å². The third-order valence-corrected chi connectivity index (χ3v) is 5.80. The summed E-state index contributed by atoms with van der Waals surface area (Å²) in [4.78, 5) is 33.4. The molecule has 170 valence electrons. The molecule has 6 heteroatoms. The van der Waals surface area contributed by atoms with E-state index in [0.717, 1.165) is 35.0 Å². The van der Waals surface area contributed by atoms with Crippen LogP contribution >= 0.6 is 0 Å². The Morgan fingerprint density at radius 1 is 1.06 bits per heavy atom. The number of hydrogen-bond acceptors (Lipinski definition) is 5. The van der Waals surface area contributed by atoms with Gasteiger partial charge in [-0.1, -0.05) is 55.3 Å². The van der Waals surface area contributed by atoms with E-state index < -0.39 is 12.0 Å². The number of carbonyl (C=O) groups is 2. The van der Waals surface area contributed by atoms with E-state index in [9.17, 15) is 9.59 Å². The Balaban J connectivity index is 1.84. The average Bonchev–Trinajstić information content (AvgIpc) is 3.10. The SMILES string of the molecule is CCCCN1C(=O)C(Nc2ccc(C)cc2)=C(C(=O)OCC)C1c1ccc2ccccc2n1. The zero-order valence-electron chi connectivity index (χ0n) is 19.3. The lowest BCUT2D eigenvalue weighted by Gasteiger charge is -2.26. The Hall–Kier alpha value is -3.67. The Bertz CT molecular complexity index is 1200. The number of nitrogens with zero attached hydrogens (tertiary/aromatic N) is 2. The van der Waals surface area contributed by atoms with Crippen LogP contribution in [-0.2, 0) is 14.3 Å². The quantitative estimate of drug-likeness (QED) is 0.487. The molecule has 0 fully saturated rings. The number of aryl methyl sites for hydroxylation is 1. The topological polar surface area (TPSA) is 71.5 Å². The summed E-state index contributed by atoms with van der Waals surface area (Å²) in [5.74, 6) is -0.716. The van der Waals surface area contributed by atoms with Crippen molar-refractivity contribution in [2.24, 2.45) is 0 Å². The van der Waals surface area contributed by atoms with Crippen molar-refractivity contribution in [2.75, 3.05) is 18.5 Å². The molecular weight excluding hydrogens is 414 g/mol. The first-order chi connectivity index (χ1) is 16.0. The van der Waals surface area contributed by atoms with Crippen LogP contribution < -0.4 is 5.32 Å². The average molecular weight is 444 g/mol. The van der Waals surface area contributed by atoms with Crippen molar-refractivity contribution in [3.63, 3.8) is 0 Å². The van der Waals surface area contributed by atoms with Crippen molar-refractivity contribution in [1.82, 2.24) is 9.88 Å². The van der Waals surface area contributed by atoms with E-state index in [1.807, 2.05) is 67.6 Å². The molecule has 1 atom stereocenters. The maximum Gasteiger partial charge on any atom is 0.338 e. The molecule has 1 aromatic heterocycles. The number of rotatable bonds is 8. The van der Waals surface area contributed by atoms with Gasteiger partial charge < -0.3 is 15.0 Å². The molecule has 0 aliphatic carbocycles. The summed E-state index contributed by atoms with van der Waals surface area (Å²) in [5, 5.41) is 4.22. The number of pyridine rings is 1. The largest absolute Gasteiger partial charge is 0.463 e. The van der Waals surface area contributed by atoms with Crippen molar-refractivity contribution >= 4 is 28.5 Å². The minimum atomic E-state index is -0.611. The summed E-state index contributed by atoms with van der Waals surface area (Å²) in [5.41, 5.74) is 3.90. The molecule has 0 bridgehead atoms. The fraction of sp³-hybridized carbons (Fsp3) is 0.296. The number of nitrogens with one attached hydrogen (secondary N) is 1. The predicted octanol–water partition coefficient (Wildman–Crippen LogP) is 5.16. The number of anilines is 1. The molecule has 0 saturated carbocycles. The second-order valence-electron chi connectivity index (χ2n) is 8.18. The molecule has 2 aromatic carbocycles. The number of unbranched alkanes of at least 4 members (excludes halogenated alkanes) is 1. The van der Waals surface area contributed by atoms with Crippen LogP contribution in [-0.4, -0.2) is 34.9 Å². The third-order valence-electron chi connectivity index (χ3n) is 5.80. The fourth-order valence-corrected chi connectivity index (χ4v) is 4.09. The first-order valence-corrected chi connectivity index (χ1v) is 11.4. The van der Waals surface area contributed by atoms with E-state index in [1.54, 1.807) is 11.8 Å². The second kappa shape index (κ2) is 9.86. The van der Waals surface area contributed by atoms with Crippen molar-refractivity contribution < 1.29 is 14.3 Å². The zero-order chi connectivity index (χ0) is 23.4. The van der Waals surface area contributed by atoms with E-state index in [0.29, 0.717) is 17.8 Å². The molecule has 1 aliphatic heterocycles. The summed E-state index contributed by atoms with van der Waals surface area (Å²) in [6, 6.07) is 18.8. The Kier molecular flexibility index (Phi) is 6.73. The molecule has 0 spiro atoms. The van der Waals surface area contributed by atoms with Crippen molar-refractivity contribution in [3.05, 3.63) is 83.2 Å². The lowest BCUT2D eigenvalue weighted by Crippen LogP contribution is -2.33. The first kappa shape index (κ1) is 22.5. The zero-order valence-corrected chi connectivity index (χ0v) is 19.3. The number of hydrogen-bond donors (Lipinski definition) is 1. The van der Waals surface area contributed by atoms with Crippen LogP contribution in [0.2, 0.25) is 0 Å². The van der Waals surface area contributed by atoms with Gasteiger partial charge in [0, 0.05) is 17.6 Å². The summed E-state index contributed by atoms with van der Waals surface area (Å²) in [6.45, 7) is 6.59. The summed E-state index contributed by atoms with van der Waals surface area (Å²) < 4.78 is 5.41. The molecule has 1 unspecified atom stereocenters. The lowest BCUT2D eigenvalue weighted by atomic mass is 10.0. The number of benzene rings is 2. The predicted molar refractivity (Wildman–Crippen MR) is 130 cm³/mol. The molecule has 1 amide bonds. The van der Waals surface area contributed by atoms with E-state index in [-0.39, 0.29) is 18.2 Å². The van der Waals surface area contributed by atoms with Gasteiger partial charge in [0.15, 0.2) is 0 Å². The normalized spacial score (nSPS) is 15.9.